The zero-order valence-corrected chi connectivity index (χ0v) is 20.8. The van der Waals surface area contributed by atoms with Gasteiger partial charge < -0.3 is 4.74 Å². The first-order chi connectivity index (χ1) is 16.1. The first-order valence-electron chi connectivity index (χ1n) is 13.0. The molecular weight excluding hydrogens is 407 g/mol. The zero-order valence-electron chi connectivity index (χ0n) is 20.8. The molecular formula is C31H41FO. The highest BCUT2D eigenvalue weighted by Crippen LogP contribution is 2.36. The van der Waals surface area contributed by atoms with Gasteiger partial charge in [0, 0.05) is 5.56 Å². The van der Waals surface area contributed by atoms with E-state index in [0.29, 0.717) is 5.56 Å². The minimum atomic E-state index is -0.261. The molecule has 33 heavy (non-hydrogen) atoms. The first-order valence-corrected chi connectivity index (χ1v) is 13.0. The van der Waals surface area contributed by atoms with E-state index in [1.165, 1.54) is 38.5 Å². The number of ether oxygens (including phenoxy) is 1. The quantitative estimate of drug-likeness (QED) is 0.277. The van der Waals surface area contributed by atoms with Gasteiger partial charge >= 0.3 is 0 Å². The fraction of sp³-hybridized carbons (Fsp3) is 0.484. The molecule has 0 heterocycles. The maximum atomic E-state index is 15.1. The Hall–Kier alpha value is -2.19. The molecule has 0 amide bonds. The highest BCUT2D eigenvalue weighted by molar-refractivity contribution is 5.77. The summed E-state index contributed by atoms with van der Waals surface area (Å²) in [6.07, 6.45) is 18.3. The van der Waals surface area contributed by atoms with Gasteiger partial charge in [0.15, 0.2) is 0 Å². The molecule has 0 saturated carbocycles. The molecule has 2 heteroatoms. The lowest BCUT2D eigenvalue weighted by Gasteiger charge is -2.36. The van der Waals surface area contributed by atoms with Crippen LogP contribution in [-0.2, 0) is 4.74 Å². The Morgan fingerprint density at radius 1 is 0.909 bits per heavy atom. The van der Waals surface area contributed by atoms with E-state index < -0.39 is 0 Å². The molecule has 0 bridgehead atoms. The Balaban J connectivity index is 1.70. The summed E-state index contributed by atoms with van der Waals surface area (Å²) in [5.74, 6) is -0.170. The van der Waals surface area contributed by atoms with E-state index in [9.17, 15) is 0 Å². The van der Waals surface area contributed by atoms with Crippen LogP contribution in [0.4, 0.5) is 4.39 Å². The van der Waals surface area contributed by atoms with Crippen LogP contribution in [-0.4, -0.2) is 11.7 Å². The highest BCUT2D eigenvalue weighted by Gasteiger charge is 2.31. The number of halogens is 1. The van der Waals surface area contributed by atoms with Crippen molar-refractivity contribution in [2.24, 2.45) is 0 Å². The van der Waals surface area contributed by atoms with Crippen molar-refractivity contribution in [1.29, 1.82) is 0 Å². The van der Waals surface area contributed by atoms with Gasteiger partial charge in [-0.2, -0.15) is 0 Å². The summed E-state index contributed by atoms with van der Waals surface area (Å²) in [7, 11) is 0. The van der Waals surface area contributed by atoms with Gasteiger partial charge in [0.2, 0.25) is 0 Å². The average molecular weight is 449 g/mol. The Morgan fingerprint density at radius 2 is 1.67 bits per heavy atom. The lowest BCUT2D eigenvalue weighted by Crippen LogP contribution is -2.35. The lowest BCUT2D eigenvalue weighted by molar-refractivity contribution is -0.0637. The molecule has 2 aromatic carbocycles. The standard InChI is InChI=1S/C31H41FO/c1-4-6-8-10-14-25(3)33-31(21-13-7-5-2)22-19-27(20-23-31)29-18-17-28(24-30(29)32)26-15-11-9-12-16-26/h9,11-12,15-20,22,24-25H,4-8,10,13-14,21,23H2,1-3H3/t25?,31-/m0/s1. The smallest absolute Gasteiger partial charge is 0.131 e. The summed E-state index contributed by atoms with van der Waals surface area (Å²) in [6.45, 7) is 6.69. The van der Waals surface area contributed by atoms with Gasteiger partial charge in [0.1, 0.15) is 5.82 Å². The van der Waals surface area contributed by atoms with Crippen LogP contribution in [0.2, 0.25) is 0 Å². The van der Waals surface area contributed by atoms with Crippen LogP contribution in [0.3, 0.4) is 0 Å². The summed E-state index contributed by atoms with van der Waals surface area (Å²) in [4.78, 5) is 0. The van der Waals surface area contributed by atoms with E-state index in [1.54, 1.807) is 6.07 Å². The van der Waals surface area contributed by atoms with Gasteiger partial charge in [-0.3, -0.25) is 0 Å². The van der Waals surface area contributed by atoms with Gasteiger partial charge in [-0.05, 0) is 49.0 Å². The van der Waals surface area contributed by atoms with Crippen LogP contribution < -0.4 is 0 Å². The third-order valence-electron chi connectivity index (χ3n) is 6.72. The highest BCUT2D eigenvalue weighted by atomic mass is 19.1. The fourth-order valence-electron chi connectivity index (χ4n) is 4.74. The molecule has 0 N–H and O–H groups in total. The van der Waals surface area contributed by atoms with Crippen LogP contribution in [0.15, 0.2) is 66.8 Å². The number of allylic oxidation sites excluding steroid dienone is 2. The number of rotatable bonds is 13. The third kappa shape index (κ3) is 7.40. The third-order valence-corrected chi connectivity index (χ3v) is 6.72. The Morgan fingerprint density at radius 3 is 2.33 bits per heavy atom. The molecule has 1 nitrogen and oxygen atoms in total. The predicted molar refractivity (Wildman–Crippen MR) is 140 cm³/mol. The molecule has 0 aromatic heterocycles. The van der Waals surface area contributed by atoms with Crippen LogP contribution in [0.25, 0.3) is 16.7 Å². The molecule has 0 spiro atoms. The largest absolute Gasteiger partial charge is 0.368 e. The maximum absolute atomic E-state index is 15.1. The van der Waals surface area contributed by atoms with Crippen molar-refractivity contribution in [3.05, 3.63) is 78.1 Å². The van der Waals surface area contributed by atoms with Crippen molar-refractivity contribution in [1.82, 2.24) is 0 Å². The Kier molecular flexibility index (Phi) is 9.94. The molecule has 0 radical (unpaired) electrons. The van der Waals surface area contributed by atoms with Gasteiger partial charge in [-0.25, -0.2) is 4.39 Å². The summed E-state index contributed by atoms with van der Waals surface area (Å²) in [6, 6.07) is 15.5. The van der Waals surface area contributed by atoms with Crippen molar-refractivity contribution in [3.63, 3.8) is 0 Å². The Bertz CT molecular complexity index is 914. The molecule has 0 fully saturated rings. The van der Waals surface area contributed by atoms with E-state index in [4.69, 9.17) is 4.74 Å². The fourth-order valence-corrected chi connectivity index (χ4v) is 4.74. The van der Waals surface area contributed by atoms with Crippen molar-refractivity contribution >= 4 is 5.57 Å². The van der Waals surface area contributed by atoms with Gasteiger partial charge in [-0.15, -0.1) is 0 Å². The molecule has 2 atom stereocenters. The first kappa shape index (κ1) is 25.4. The monoisotopic (exact) mass is 448 g/mol. The van der Waals surface area contributed by atoms with Crippen molar-refractivity contribution in [2.45, 2.75) is 96.7 Å². The zero-order chi connectivity index (χ0) is 23.5. The van der Waals surface area contributed by atoms with E-state index in [0.717, 1.165) is 42.4 Å². The van der Waals surface area contributed by atoms with Crippen LogP contribution in [0, 0.1) is 5.82 Å². The summed E-state index contributed by atoms with van der Waals surface area (Å²) < 4.78 is 21.7. The normalized spacial score (nSPS) is 18.8. The summed E-state index contributed by atoms with van der Waals surface area (Å²) in [5, 5.41) is 0. The minimum absolute atomic E-state index is 0.170. The van der Waals surface area contributed by atoms with Gasteiger partial charge in [-0.1, -0.05) is 119 Å². The molecule has 1 unspecified atom stereocenters. The second-order valence-electron chi connectivity index (χ2n) is 9.56. The van der Waals surface area contributed by atoms with E-state index in [1.807, 2.05) is 42.5 Å². The molecule has 1 aliphatic rings. The molecule has 2 aromatic rings. The molecule has 1 aliphatic carbocycles. The topological polar surface area (TPSA) is 9.23 Å². The number of hydrogen-bond donors (Lipinski definition) is 0. The van der Waals surface area contributed by atoms with Crippen molar-refractivity contribution < 1.29 is 9.13 Å². The second kappa shape index (κ2) is 12.9. The Labute approximate surface area is 200 Å². The van der Waals surface area contributed by atoms with Crippen LogP contribution in [0.5, 0.6) is 0 Å². The molecule has 0 saturated heterocycles. The van der Waals surface area contributed by atoms with E-state index in [2.05, 4.69) is 39.0 Å². The lowest BCUT2D eigenvalue weighted by atomic mass is 9.84. The number of unbranched alkanes of at least 4 members (excludes halogenated alkanes) is 5. The van der Waals surface area contributed by atoms with E-state index >= 15 is 4.39 Å². The van der Waals surface area contributed by atoms with Crippen molar-refractivity contribution in [2.75, 3.05) is 0 Å². The SMILES string of the molecule is CCCCCCC(C)O[C@@]1(CCCCC)C=CC(c2ccc(-c3ccccc3)cc2F)=CC1. The second-order valence-corrected chi connectivity index (χ2v) is 9.56. The molecule has 3 rings (SSSR count). The molecule has 178 valence electrons. The van der Waals surface area contributed by atoms with Gasteiger partial charge in [0.05, 0.1) is 11.7 Å². The van der Waals surface area contributed by atoms with E-state index in [-0.39, 0.29) is 17.5 Å². The van der Waals surface area contributed by atoms with Crippen LogP contribution in [0.1, 0.15) is 90.5 Å². The summed E-state index contributed by atoms with van der Waals surface area (Å²) >= 11 is 0. The van der Waals surface area contributed by atoms with Gasteiger partial charge in [0.25, 0.3) is 0 Å². The molecule has 0 aliphatic heterocycles. The number of hydrogen-bond acceptors (Lipinski definition) is 1. The van der Waals surface area contributed by atoms with Crippen molar-refractivity contribution in [3.8, 4) is 11.1 Å². The summed E-state index contributed by atoms with van der Waals surface area (Å²) in [5.41, 5.74) is 3.31. The minimum Gasteiger partial charge on any atom is -0.368 e. The maximum Gasteiger partial charge on any atom is 0.131 e. The predicted octanol–water partition coefficient (Wildman–Crippen LogP) is 9.53. The number of benzene rings is 2. The van der Waals surface area contributed by atoms with Crippen LogP contribution >= 0.6 is 0 Å². The average Bonchev–Trinajstić information content (AvgIpc) is 2.83.